The molecule has 1 saturated carbocycles. The highest BCUT2D eigenvalue weighted by Gasteiger charge is 2.27. The lowest BCUT2D eigenvalue weighted by atomic mass is 10.1. The van der Waals surface area contributed by atoms with E-state index in [-0.39, 0.29) is 0 Å². The summed E-state index contributed by atoms with van der Waals surface area (Å²) in [6, 6.07) is 9.39. The highest BCUT2D eigenvalue weighted by molar-refractivity contribution is 5.64. The van der Waals surface area contributed by atoms with Gasteiger partial charge in [0.1, 0.15) is 0 Å². The van der Waals surface area contributed by atoms with Crippen LogP contribution in [0.15, 0.2) is 36.9 Å². The van der Waals surface area contributed by atoms with Crippen LogP contribution in [0.5, 0.6) is 0 Å². The molecule has 0 bridgehead atoms. The molecular formula is C17H23N. The molecule has 0 radical (unpaired) electrons. The highest BCUT2D eigenvalue weighted by Crippen LogP contribution is 2.31. The lowest BCUT2D eigenvalue weighted by molar-refractivity contribution is 0.472. The van der Waals surface area contributed by atoms with Crippen LogP contribution in [0.2, 0.25) is 0 Å². The molecule has 1 aliphatic rings. The molecule has 1 aromatic carbocycles. The fourth-order valence-electron chi connectivity index (χ4n) is 1.98. The lowest BCUT2D eigenvalue weighted by Gasteiger charge is -2.21. The Hall–Kier alpha value is -1.50. The monoisotopic (exact) mass is 241 g/mol. The number of allylic oxidation sites excluding steroid dienone is 1. The van der Waals surface area contributed by atoms with Gasteiger partial charge in [0.15, 0.2) is 0 Å². The summed E-state index contributed by atoms with van der Waals surface area (Å²) in [6.07, 6.45) is 7.03. The standard InChI is InChI=1S/C17H23N/c1-13(2)5-6-15-7-9-16(10-8-15)14(3)18(4)17-11-12-17/h5-10,13,17H,3,11-12H2,1-2,4H3/b6-5+. The SMILES string of the molecule is C=C(c1ccc(/C=C/C(C)C)cc1)N(C)C1CC1. The molecule has 1 heteroatoms. The Balaban J connectivity index is 2.04. The summed E-state index contributed by atoms with van der Waals surface area (Å²) in [4.78, 5) is 2.30. The zero-order valence-electron chi connectivity index (χ0n) is 11.7. The van der Waals surface area contributed by atoms with Gasteiger partial charge in [0.05, 0.1) is 0 Å². The van der Waals surface area contributed by atoms with Crippen molar-refractivity contribution in [1.82, 2.24) is 4.90 Å². The molecule has 0 unspecified atom stereocenters. The molecule has 1 fully saturated rings. The van der Waals surface area contributed by atoms with Crippen LogP contribution in [0.3, 0.4) is 0 Å². The molecule has 1 nitrogen and oxygen atoms in total. The van der Waals surface area contributed by atoms with Crippen molar-refractivity contribution in [2.24, 2.45) is 5.92 Å². The van der Waals surface area contributed by atoms with E-state index in [2.05, 4.69) is 68.8 Å². The van der Waals surface area contributed by atoms with Crippen molar-refractivity contribution in [3.05, 3.63) is 48.0 Å². The van der Waals surface area contributed by atoms with Gasteiger partial charge in [-0.1, -0.05) is 56.8 Å². The predicted octanol–water partition coefficient (Wildman–Crippen LogP) is 4.42. The van der Waals surface area contributed by atoms with Crippen LogP contribution < -0.4 is 0 Å². The van der Waals surface area contributed by atoms with E-state index in [1.54, 1.807) is 0 Å². The molecule has 18 heavy (non-hydrogen) atoms. The Morgan fingerprint density at radius 1 is 1.28 bits per heavy atom. The van der Waals surface area contributed by atoms with Gasteiger partial charge in [0, 0.05) is 18.8 Å². The number of rotatable bonds is 5. The zero-order valence-corrected chi connectivity index (χ0v) is 11.7. The normalized spacial score (nSPS) is 15.3. The summed E-state index contributed by atoms with van der Waals surface area (Å²) in [6.45, 7) is 8.58. The highest BCUT2D eigenvalue weighted by atomic mass is 15.2. The number of hydrogen-bond acceptors (Lipinski definition) is 1. The van der Waals surface area contributed by atoms with Gasteiger partial charge < -0.3 is 4.90 Å². The molecule has 0 heterocycles. The Kier molecular flexibility index (Phi) is 3.90. The molecule has 0 atom stereocenters. The molecule has 1 aromatic rings. The van der Waals surface area contributed by atoms with Gasteiger partial charge in [0.2, 0.25) is 0 Å². The Morgan fingerprint density at radius 3 is 2.39 bits per heavy atom. The number of hydrogen-bond donors (Lipinski definition) is 0. The Labute approximate surface area is 111 Å². The van der Waals surface area contributed by atoms with Gasteiger partial charge in [-0.2, -0.15) is 0 Å². The minimum absolute atomic E-state index is 0.598. The van der Waals surface area contributed by atoms with E-state index in [1.807, 2.05) is 0 Å². The number of benzene rings is 1. The molecule has 0 amide bonds. The van der Waals surface area contributed by atoms with Crippen molar-refractivity contribution < 1.29 is 0 Å². The number of nitrogens with zero attached hydrogens (tertiary/aromatic N) is 1. The zero-order chi connectivity index (χ0) is 13.1. The smallest absolute Gasteiger partial charge is 0.0366 e. The van der Waals surface area contributed by atoms with Crippen molar-refractivity contribution >= 4 is 11.8 Å². The molecule has 0 aromatic heterocycles. The van der Waals surface area contributed by atoms with E-state index in [9.17, 15) is 0 Å². The summed E-state index contributed by atoms with van der Waals surface area (Å²) >= 11 is 0. The van der Waals surface area contributed by atoms with Crippen LogP contribution in [-0.2, 0) is 0 Å². The Bertz CT molecular complexity index is 435. The topological polar surface area (TPSA) is 3.24 Å². The quantitative estimate of drug-likeness (QED) is 0.737. The van der Waals surface area contributed by atoms with Gasteiger partial charge in [-0.15, -0.1) is 0 Å². The van der Waals surface area contributed by atoms with Gasteiger partial charge in [0.25, 0.3) is 0 Å². The molecule has 1 aliphatic carbocycles. The van der Waals surface area contributed by atoms with Crippen LogP contribution in [0, 0.1) is 5.92 Å². The fraction of sp³-hybridized carbons (Fsp3) is 0.412. The second-order valence-electron chi connectivity index (χ2n) is 5.51. The maximum Gasteiger partial charge on any atom is 0.0366 e. The van der Waals surface area contributed by atoms with Gasteiger partial charge in [-0.25, -0.2) is 0 Å². The average molecular weight is 241 g/mol. The maximum absolute atomic E-state index is 4.20. The second kappa shape index (κ2) is 5.43. The van der Waals surface area contributed by atoms with Crippen molar-refractivity contribution in [3.8, 4) is 0 Å². The third kappa shape index (κ3) is 3.25. The van der Waals surface area contributed by atoms with Crippen LogP contribution >= 0.6 is 0 Å². The molecule has 0 aliphatic heterocycles. The first kappa shape index (κ1) is 12.9. The van der Waals surface area contributed by atoms with E-state index in [1.165, 1.54) is 24.0 Å². The van der Waals surface area contributed by atoms with Crippen LogP contribution in [0.4, 0.5) is 0 Å². The first-order valence-electron chi connectivity index (χ1n) is 6.78. The molecule has 2 rings (SSSR count). The summed E-state index contributed by atoms with van der Waals surface area (Å²) in [5.74, 6) is 0.598. The molecule has 96 valence electrons. The second-order valence-corrected chi connectivity index (χ2v) is 5.51. The maximum atomic E-state index is 4.20. The van der Waals surface area contributed by atoms with Gasteiger partial charge >= 0.3 is 0 Å². The van der Waals surface area contributed by atoms with Crippen molar-refractivity contribution in [2.75, 3.05) is 7.05 Å². The minimum atomic E-state index is 0.598. The van der Waals surface area contributed by atoms with Crippen molar-refractivity contribution in [3.63, 3.8) is 0 Å². The van der Waals surface area contributed by atoms with Crippen molar-refractivity contribution in [1.29, 1.82) is 0 Å². The first-order chi connectivity index (χ1) is 8.58. The molecule has 0 N–H and O–H groups in total. The Morgan fingerprint density at radius 2 is 1.89 bits per heavy atom. The lowest BCUT2D eigenvalue weighted by Crippen LogP contribution is -2.18. The third-order valence-electron chi connectivity index (χ3n) is 3.44. The predicted molar refractivity (Wildman–Crippen MR) is 80.1 cm³/mol. The summed E-state index contributed by atoms with van der Waals surface area (Å²) in [7, 11) is 2.15. The third-order valence-corrected chi connectivity index (χ3v) is 3.44. The summed E-state index contributed by atoms with van der Waals surface area (Å²) in [5.41, 5.74) is 3.62. The van der Waals surface area contributed by atoms with E-state index in [4.69, 9.17) is 0 Å². The van der Waals surface area contributed by atoms with Gasteiger partial charge in [-0.3, -0.25) is 0 Å². The minimum Gasteiger partial charge on any atom is -0.372 e. The van der Waals surface area contributed by atoms with Crippen LogP contribution in [-0.4, -0.2) is 18.0 Å². The van der Waals surface area contributed by atoms with Crippen molar-refractivity contribution in [2.45, 2.75) is 32.7 Å². The van der Waals surface area contributed by atoms with Crippen LogP contribution in [0.1, 0.15) is 37.8 Å². The summed E-state index contributed by atoms with van der Waals surface area (Å²) < 4.78 is 0. The van der Waals surface area contributed by atoms with E-state index < -0.39 is 0 Å². The molecule has 0 spiro atoms. The average Bonchev–Trinajstić information content (AvgIpc) is 3.19. The fourth-order valence-corrected chi connectivity index (χ4v) is 1.98. The molecular weight excluding hydrogens is 218 g/mol. The van der Waals surface area contributed by atoms with E-state index >= 15 is 0 Å². The largest absolute Gasteiger partial charge is 0.372 e. The van der Waals surface area contributed by atoms with E-state index in [0.29, 0.717) is 5.92 Å². The van der Waals surface area contributed by atoms with E-state index in [0.717, 1.165) is 11.7 Å². The van der Waals surface area contributed by atoms with Gasteiger partial charge in [-0.05, 0) is 29.9 Å². The van der Waals surface area contributed by atoms with Crippen LogP contribution in [0.25, 0.3) is 11.8 Å². The molecule has 0 saturated heterocycles. The first-order valence-corrected chi connectivity index (χ1v) is 6.78. The summed E-state index contributed by atoms with van der Waals surface area (Å²) in [5, 5.41) is 0.